The first-order chi connectivity index (χ1) is 17.0. The minimum atomic E-state index is -3.62. The molecule has 12 heteroatoms. The predicted molar refractivity (Wildman–Crippen MR) is 130 cm³/mol. The molecule has 11 nitrogen and oxygen atoms in total. The third-order valence-electron chi connectivity index (χ3n) is 7.51. The minimum Gasteiger partial charge on any atom is -0.444 e. The van der Waals surface area contributed by atoms with E-state index in [4.69, 9.17) is 9.26 Å². The molecule has 1 saturated carbocycles. The maximum Gasteiger partial charge on any atom is 0.407 e. The van der Waals surface area contributed by atoms with Crippen molar-refractivity contribution in [1.82, 2.24) is 24.4 Å². The summed E-state index contributed by atoms with van der Waals surface area (Å²) in [6.45, 7) is 6.14. The van der Waals surface area contributed by atoms with Gasteiger partial charge in [-0.2, -0.15) is 17.0 Å². The summed E-state index contributed by atoms with van der Waals surface area (Å²) in [5, 5.41) is 9.83. The number of hydrogen-bond acceptors (Lipinski definition) is 7. The van der Waals surface area contributed by atoms with Crippen LogP contribution in [0.2, 0.25) is 0 Å². The van der Waals surface area contributed by atoms with Gasteiger partial charge in [0.2, 0.25) is 0 Å². The Hall–Kier alpha value is -2.18. The van der Waals surface area contributed by atoms with Gasteiger partial charge in [0.05, 0.1) is 0 Å². The highest BCUT2D eigenvalue weighted by atomic mass is 32.2. The van der Waals surface area contributed by atoms with Gasteiger partial charge in [0.15, 0.2) is 5.69 Å². The van der Waals surface area contributed by atoms with E-state index < -0.39 is 21.9 Å². The highest BCUT2D eigenvalue weighted by Gasteiger charge is 2.49. The van der Waals surface area contributed by atoms with Crippen LogP contribution in [-0.2, 0) is 14.9 Å². The minimum absolute atomic E-state index is 0.0914. The molecule has 4 heterocycles. The number of piperidine rings is 2. The molecule has 0 aromatic carbocycles. The second kappa shape index (κ2) is 9.60. The Kier molecular flexibility index (Phi) is 6.80. The molecule has 2 N–H and O–H groups in total. The summed E-state index contributed by atoms with van der Waals surface area (Å²) >= 11 is 0. The largest absolute Gasteiger partial charge is 0.444 e. The first-order valence-electron chi connectivity index (χ1n) is 13.0. The van der Waals surface area contributed by atoms with Gasteiger partial charge in [-0.3, -0.25) is 4.79 Å². The third-order valence-corrected chi connectivity index (χ3v) is 9.66. The molecule has 200 valence electrons. The van der Waals surface area contributed by atoms with E-state index in [-0.39, 0.29) is 30.1 Å². The first-order valence-corrected chi connectivity index (χ1v) is 14.4. The lowest BCUT2D eigenvalue weighted by Crippen LogP contribution is -2.57. The number of nitrogens with zero attached hydrogens (tertiary/aromatic N) is 3. The quantitative estimate of drug-likeness (QED) is 0.585. The zero-order valence-electron chi connectivity index (χ0n) is 21.2. The Balaban J connectivity index is 1.14. The predicted octanol–water partition coefficient (Wildman–Crippen LogP) is 2.51. The summed E-state index contributed by atoms with van der Waals surface area (Å²) in [6.07, 6.45) is 5.53. The Bertz CT molecular complexity index is 1070. The van der Waals surface area contributed by atoms with E-state index in [0.29, 0.717) is 50.4 Å². The zero-order valence-corrected chi connectivity index (χ0v) is 22.1. The molecule has 1 aromatic heterocycles. The van der Waals surface area contributed by atoms with Crippen molar-refractivity contribution in [3.05, 3.63) is 17.5 Å². The fourth-order valence-corrected chi connectivity index (χ4v) is 7.76. The molecule has 0 radical (unpaired) electrons. The van der Waals surface area contributed by atoms with Crippen LogP contribution in [-0.4, -0.2) is 77.0 Å². The Morgan fingerprint density at radius 2 is 1.64 bits per heavy atom. The van der Waals surface area contributed by atoms with Crippen molar-refractivity contribution in [2.45, 2.75) is 108 Å². The summed E-state index contributed by atoms with van der Waals surface area (Å²) in [6, 6.07) is 1.27. The molecule has 36 heavy (non-hydrogen) atoms. The zero-order chi connectivity index (χ0) is 25.7. The summed E-state index contributed by atoms with van der Waals surface area (Å²) < 4.78 is 41.0. The van der Waals surface area contributed by atoms with Crippen LogP contribution >= 0.6 is 0 Å². The molecule has 4 aliphatic rings. The van der Waals surface area contributed by atoms with Crippen molar-refractivity contribution in [3.63, 3.8) is 0 Å². The van der Waals surface area contributed by atoms with Crippen LogP contribution in [0.15, 0.2) is 10.6 Å². The van der Waals surface area contributed by atoms with Crippen molar-refractivity contribution >= 4 is 22.2 Å². The first kappa shape index (κ1) is 25.5. The SMILES string of the molecule is CC(C)(C)OC(=O)NC1CCN(S(=O)(=O)N2[C@@H]3CC[C@H]2C[C@@H](NC(=O)c2cc(C4CC4)on2)C3)CC1. The standard InChI is InChI=1S/C24H37N5O6S/c1-24(2,3)34-23(31)26-16-8-10-28(11-9-16)36(32,33)29-18-6-7-19(29)13-17(12-18)25-22(30)20-14-21(35-27-20)15-4-5-15/h14-19H,4-13H2,1-3H3,(H,25,30)(H,26,31)/t17-,18+,19-. The lowest BCUT2D eigenvalue weighted by atomic mass is 9.99. The molecule has 0 unspecified atom stereocenters. The number of carbonyl (C=O) groups excluding carboxylic acids is 2. The maximum atomic E-state index is 13.6. The highest BCUT2D eigenvalue weighted by molar-refractivity contribution is 7.86. The van der Waals surface area contributed by atoms with Gasteiger partial charge in [0.25, 0.3) is 16.1 Å². The number of nitrogens with one attached hydrogen (secondary N) is 2. The molecule has 4 fully saturated rings. The van der Waals surface area contributed by atoms with E-state index in [1.165, 1.54) is 0 Å². The van der Waals surface area contributed by atoms with Crippen molar-refractivity contribution < 1.29 is 27.3 Å². The van der Waals surface area contributed by atoms with Gasteiger partial charge in [-0.15, -0.1) is 0 Å². The van der Waals surface area contributed by atoms with Gasteiger partial charge in [0.1, 0.15) is 11.4 Å². The van der Waals surface area contributed by atoms with Gasteiger partial charge in [0, 0.05) is 49.2 Å². The van der Waals surface area contributed by atoms with Crippen LogP contribution in [0.25, 0.3) is 0 Å². The number of alkyl carbamates (subject to hydrolysis) is 1. The number of hydrogen-bond donors (Lipinski definition) is 2. The number of carbonyl (C=O) groups is 2. The Morgan fingerprint density at radius 1 is 1.00 bits per heavy atom. The van der Waals surface area contributed by atoms with Gasteiger partial charge < -0.3 is 19.9 Å². The molecule has 0 spiro atoms. The molecule has 2 amide bonds. The second-order valence-electron chi connectivity index (χ2n) is 11.6. The Labute approximate surface area is 212 Å². The van der Waals surface area contributed by atoms with Crippen molar-refractivity contribution in [2.75, 3.05) is 13.1 Å². The summed E-state index contributed by atoms with van der Waals surface area (Å²) in [5.41, 5.74) is -0.282. The lowest BCUT2D eigenvalue weighted by molar-refractivity contribution is 0.0488. The lowest BCUT2D eigenvalue weighted by Gasteiger charge is -2.42. The third kappa shape index (κ3) is 5.55. The molecule has 2 bridgehead atoms. The maximum absolute atomic E-state index is 13.6. The smallest absolute Gasteiger partial charge is 0.407 e. The Morgan fingerprint density at radius 3 is 2.22 bits per heavy atom. The van der Waals surface area contributed by atoms with Crippen molar-refractivity contribution in [3.8, 4) is 0 Å². The van der Waals surface area contributed by atoms with Gasteiger partial charge in [-0.1, -0.05) is 5.16 Å². The molecular formula is C24H37N5O6S. The number of rotatable bonds is 6. The average molecular weight is 524 g/mol. The summed E-state index contributed by atoms with van der Waals surface area (Å²) in [7, 11) is -3.62. The van der Waals surface area contributed by atoms with E-state index >= 15 is 0 Å². The van der Waals surface area contributed by atoms with Crippen LogP contribution in [0, 0.1) is 0 Å². The molecular weight excluding hydrogens is 486 g/mol. The number of aromatic nitrogens is 1. The van der Waals surface area contributed by atoms with Crippen LogP contribution in [0.4, 0.5) is 4.79 Å². The van der Waals surface area contributed by atoms with Crippen LogP contribution < -0.4 is 10.6 Å². The van der Waals surface area contributed by atoms with E-state index in [2.05, 4.69) is 15.8 Å². The van der Waals surface area contributed by atoms with Gasteiger partial charge >= 0.3 is 6.09 Å². The summed E-state index contributed by atoms with van der Waals surface area (Å²) in [4.78, 5) is 24.8. The fraction of sp³-hybridized carbons (Fsp3) is 0.792. The fourth-order valence-electron chi connectivity index (χ4n) is 5.68. The molecule has 1 aliphatic carbocycles. The average Bonchev–Trinajstić information content (AvgIpc) is 3.44. The molecule has 1 aromatic rings. The molecule has 3 atom stereocenters. The normalized spacial score (nSPS) is 28.1. The van der Waals surface area contributed by atoms with E-state index in [9.17, 15) is 18.0 Å². The summed E-state index contributed by atoms with van der Waals surface area (Å²) in [5.74, 6) is 0.901. The van der Waals surface area contributed by atoms with E-state index in [1.54, 1.807) is 14.7 Å². The van der Waals surface area contributed by atoms with Crippen LogP contribution in [0.5, 0.6) is 0 Å². The van der Waals surface area contributed by atoms with Gasteiger partial charge in [-0.25, -0.2) is 4.79 Å². The van der Waals surface area contributed by atoms with E-state index in [1.807, 2.05) is 20.8 Å². The van der Waals surface area contributed by atoms with Gasteiger partial charge in [-0.05, 0) is 72.1 Å². The van der Waals surface area contributed by atoms with Crippen LogP contribution in [0.1, 0.15) is 94.3 Å². The molecule has 3 saturated heterocycles. The van der Waals surface area contributed by atoms with Crippen LogP contribution in [0.3, 0.4) is 0 Å². The van der Waals surface area contributed by atoms with E-state index in [0.717, 1.165) is 31.4 Å². The number of amides is 2. The monoisotopic (exact) mass is 523 g/mol. The topological polar surface area (TPSA) is 134 Å². The highest BCUT2D eigenvalue weighted by Crippen LogP contribution is 2.41. The molecule has 3 aliphatic heterocycles. The number of ether oxygens (including phenoxy) is 1. The number of fused-ring (bicyclic) bond motifs is 2. The van der Waals surface area contributed by atoms with Crippen molar-refractivity contribution in [1.29, 1.82) is 0 Å². The molecule has 5 rings (SSSR count). The second-order valence-corrected chi connectivity index (χ2v) is 13.4. The van der Waals surface area contributed by atoms with Crippen molar-refractivity contribution in [2.24, 2.45) is 0 Å².